The molecular weight excluding hydrogens is 383 g/mol. The molecule has 1 aliphatic heterocycles. The predicted octanol–water partition coefficient (Wildman–Crippen LogP) is 3.80. The van der Waals surface area contributed by atoms with E-state index in [1.165, 1.54) is 0 Å². The first-order valence-corrected chi connectivity index (χ1v) is 7.64. The minimum atomic E-state index is 0.0134. The quantitative estimate of drug-likeness (QED) is 0.798. The van der Waals surface area contributed by atoms with Crippen LogP contribution in [0.5, 0.6) is 0 Å². The summed E-state index contributed by atoms with van der Waals surface area (Å²) in [5.41, 5.74) is 0.725. The lowest BCUT2D eigenvalue weighted by Crippen LogP contribution is -2.32. The van der Waals surface area contributed by atoms with Gasteiger partial charge in [-0.3, -0.25) is 4.79 Å². The van der Waals surface area contributed by atoms with E-state index in [1.807, 2.05) is 6.92 Å². The van der Waals surface area contributed by atoms with Crippen LogP contribution >= 0.6 is 43.5 Å². The van der Waals surface area contributed by atoms with E-state index in [0.29, 0.717) is 5.02 Å². The molecule has 1 fully saturated rings. The number of amides is 1. The normalized spacial score (nSPS) is 23.1. The summed E-state index contributed by atoms with van der Waals surface area (Å²) in [4.78, 5) is 12.2. The van der Waals surface area contributed by atoms with Crippen LogP contribution in [0, 0.1) is 5.92 Å². The van der Waals surface area contributed by atoms with Crippen LogP contribution in [0.4, 0.5) is 5.69 Å². The highest BCUT2D eigenvalue weighted by Gasteiger charge is 2.29. The molecule has 6 heteroatoms. The molecule has 2 unspecified atom stereocenters. The Morgan fingerprint density at radius 2 is 2.06 bits per heavy atom. The Hall–Kier alpha value is -0.100. The molecule has 0 aromatic heterocycles. The van der Waals surface area contributed by atoms with Crippen molar-refractivity contribution in [1.82, 2.24) is 5.32 Å². The number of carbonyl (C=O) groups is 1. The van der Waals surface area contributed by atoms with Crippen molar-refractivity contribution in [2.75, 3.05) is 11.9 Å². The van der Waals surface area contributed by atoms with Crippen molar-refractivity contribution in [2.45, 2.75) is 19.4 Å². The fourth-order valence-electron chi connectivity index (χ4n) is 2.09. The van der Waals surface area contributed by atoms with Crippen molar-refractivity contribution < 1.29 is 4.79 Å². The number of anilines is 1. The summed E-state index contributed by atoms with van der Waals surface area (Å²) in [6.07, 6.45) is 0.871. The summed E-state index contributed by atoms with van der Waals surface area (Å²) in [6.45, 7) is 2.92. The van der Waals surface area contributed by atoms with Crippen molar-refractivity contribution in [1.29, 1.82) is 0 Å². The molecule has 1 saturated heterocycles. The molecule has 0 radical (unpaired) electrons. The van der Waals surface area contributed by atoms with E-state index >= 15 is 0 Å². The molecule has 2 rings (SSSR count). The molecule has 1 aromatic rings. The van der Waals surface area contributed by atoms with E-state index in [-0.39, 0.29) is 17.9 Å². The van der Waals surface area contributed by atoms with E-state index < -0.39 is 0 Å². The van der Waals surface area contributed by atoms with Crippen molar-refractivity contribution >= 4 is 55.1 Å². The van der Waals surface area contributed by atoms with E-state index in [9.17, 15) is 4.79 Å². The van der Waals surface area contributed by atoms with Gasteiger partial charge in [0.25, 0.3) is 0 Å². The van der Waals surface area contributed by atoms with Gasteiger partial charge in [0.15, 0.2) is 0 Å². The highest BCUT2D eigenvalue weighted by atomic mass is 79.9. The highest BCUT2D eigenvalue weighted by Crippen LogP contribution is 2.34. The number of hydrogen-bond acceptors (Lipinski definition) is 2. The van der Waals surface area contributed by atoms with Gasteiger partial charge in [-0.1, -0.05) is 11.6 Å². The zero-order valence-electron chi connectivity index (χ0n) is 9.77. The second kappa shape index (κ2) is 5.90. The van der Waals surface area contributed by atoms with Crippen LogP contribution in [-0.4, -0.2) is 18.5 Å². The summed E-state index contributed by atoms with van der Waals surface area (Å²) in [5, 5.41) is 6.83. The smallest absolute Gasteiger partial charge is 0.229 e. The van der Waals surface area contributed by atoms with Crippen LogP contribution in [0.1, 0.15) is 13.3 Å². The van der Waals surface area contributed by atoms with Crippen LogP contribution in [0.15, 0.2) is 21.1 Å². The summed E-state index contributed by atoms with van der Waals surface area (Å²) in [6, 6.07) is 3.74. The maximum absolute atomic E-state index is 12.2. The number of nitrogens with one attached hydrogen (secondary N) is 2. The lowest BCUT2D eigenvalue weighted by atomic mass is 10.0. The molecule has 0 saturated carbocycles. The predicted molar refractivity (Wildman–Crippen MR) is 81.1 cm³/mol. The first-order valence-electron chi connectivity index (χ1n) is 5.68. The third kappa shape index (κ3) is 3.07. The molecule has 1 aromatic carbocycles. The number of benzene rings is 1. The van der Waals surface area contributed by atoms with Crippen LogP contribution in [0.25, 0.3) is 0 Å². The topological polar surface area (TPSA) is 41.1 Å². The summed E-state index contributed by atoms with van der Waals surface area (Å²) in [5.74, 6) is 0.0516. The van der Waals surface area contributed by atoms with Crippen LogP contribution in [0.2, 0.25) is 5.02 Å². The van der Waals surface area contributed by atoms with Gasteiger partial charge >= 0.3 is 0 Å². The minimum absolute atomic E-state index is 0.0134. The van der Waals surface area contributed by atoms with Gasteiger partial charge in [-0.05, 0) is 63.9 Å². The van der Waals surface area contributed by atoms with Crippen molar-refractivity contribution in [2.24, 2.45) is 5.92 Å². The molecule has 2 atom stereocenters. The molecule has 0 aliphatic carbocycles. The molecule has 3 nitrogen and oxygen atoms in total. The van der Waals surface area contributed by atoms with Gasteiger partial charge in [-0.25, -0.2) is 0 Å². The zero-order chi connectivity index (χ0) is 13.3. The van der Waals surface area contributed by atoms with Crippen molar-refractivity contribution in [3.63, 3.8) is 0 Å². The van der Waals surface area contributed by atoms with Gasteiger partial charge in [-0.2, -0.15) is 0 Å². The first kappa shape index (κ1) is 14.3. The number of hydrogen-bond donors (Lipinski definition) is 2. The zero-order valence-corrected chi connectivity index (χ0v) is 13.7. The Labute approximate surface area is 128 Å². The Morgan fingerprint density at radius 3 is 2.56 bits per heavy atom. The van der Waals surface area contributed by atoms with E-state index in [0.717, 1.165) is 27.6 Å². The molecule has 98 valence electrons. The number of halogens is 3. The summed E-state index contributed by atoms with van der Waals surface area (Å²) in [7, 11) is 0. The molecule has 1 aliphatic rings. The van der Waals surface area contributed by atoms with Gasteiger partial charge in [-0.15, -0.1) is 0 Å². The minimum Gasteiger partial charge on any atom is -0.324 e. The molecule has 0 bridgehead atoms. The van der Waals surface area contributed by atoms with Gasteiger partial charge in [0.05, 0.1) is 11.6 Å². The molecular formula is C12H13Br2ClN2O. The van der Waals surface area contributed by atoms with Crippen molar-refractivity contribution in [3.05, 3.63) is 26.1 Å². The summed E-state index contributed by atoms with van der Waals surface area (Å²) >= 11 is 12.7. The van der Waals surface area contributed by atoms with E-state index in [1.54, 1.807) is 12.1 Å². The monoisotopic (exact) mass is 394 g/mol. The molecule has 18 heavy (non-hydrogen) atoms. The Bertz CT molecular complexity index is 458. The van der Waals surface area contributed by atoms with Gasteiger partial charge < -0.3 is 10.6 Å². The van der Waals surface area contributed by atoms with Crippen molar-refractivity contribution in [3.8, 4) is 0 Å². The fourth-order valence-corrected chi connectivity index (χ4v) is 3.96. The first-order chi connectivity index (χ1) is 8.49. The molecule has 1 heterocycles. The maximum Gasteiger partial charge on any atom is 0.229 e. The molecule has 2 N–H and O–H groups in total. The largest absolute Gasteiger partial charge is 0.324 e. The second-order valence-electron chi connectivity index (χ2n) is 4.37. The molecule has 1 amide bonds. The molecule has 0 spiro atoms. The fraction of sp³-hybridized carbons (Fsp3) is 0.417. The lowest BCUT2D eigenvalue weighted by molar-refractivity contribution is -0.120. The van der Waals surface area contributed by atoms with Crippen LogP contribution < -0.4 is 10.6 Å². The van der Waals surface area contributed by atoms with Gasteiger partial charge in [0.2, 0.25) is 5.91 Å². The average Bonchev–Trinajstić information content (AvgIpc) is 2.69. The second-order valence-corrected chi connectivity index (χ2v) is 6.52. The Kier molecular flexibility index (Phi) is 4.69. The third-order valence-corrected chi connectivity index (χ3v) is 4.59. The average molecular weight is 397 g/mol. The highest BCUT2D eigenvalue weighted by molar-refractivity contribution is 9.11. The van der Waals surface area contributed by atoms with Crippen LogP contribution in [0.3, 0.4) is 0 Å². The van der Waals surface area contributed by atoms with E-state index in [4.69, 9.17) is 11.6 Å². The standard InChI is InChI=1S/C12H13Br2ClN2O/c1-6-8(2-3-16-6)12(18)17-11-9(13)4-7(15)5-10(11)14/h4-6,8,16H,2-3H2,1H3,(H,17,18). The number of rotatable bonds is 2. The van der Waals surface area contributed by atoms with Gasteiger partial charge in [0.1, 0.15) is 0 Å². The summed E-state index contributed by atoms with van der Waals surface area (Å²) < 4.78 is 1.54. The Balaban J connectivity index is 2.17. The SMILES string of the molecule is CC1NCCC1C(=O)Nc1c(Br)cc(Cl)cc1Br. The van der Waals surface area contributed by atoms with Gasteiger partial charge in [0, 0.05) is 20.0 Å². The maximum atomic E-state index is 12.2. The third-order valence-electron chi connectivity index (χ3n) is 3.12. The van der Waals surface area contributed by atoms with E-state index in [2.05, 4.69) is 42.5 Å². The lowest BCUT2D eigenvalue weighted by Gasteiger charge is -2.16. The Morgan fingerprint density at radius 1 is 1.44 bits per heavy atom. The number of carbonyl (C=O) groups excluding carboxylic acids is 1. The van der Waals surface area contributed by atoms with Crippen LogP contribution in [-0.2, 0) is 4.79 Å².